The zero-order valence-electron chi connectivity index (χ0n) is 18.7. The SMILES string of the molecule is CC(C)C(NC(=O)Cc1ccccc1)C(=O)N1CCN(c2ncnc3c2cnn3C)CC1. The second-order valence-electron chi connectivity index (χ2n) is 8.47. The van der Waals surface area contributed by atoms with E-state index in [0.29, 0.717) is 26.2 Å². The molecular formula is C23H29N7O2. The molecule has 32 heavy (non-hydrogen) atoms. The van der Waals surface area contributed by atoms with E-state index in [0.717, 1.165) is 22.4 Å². The van der Waals surface area contributed by atoms with Crippen LogP contribution in [0, 0.1) is 5.92 Å². The van der Waals surface area contributed by atoms with Crippen molar-refractivity contribution in [3.8, 4) is 0 Å². The maximum Gasteiger partial charge on any atom is 0.245 e. The van der Waals surface area contributed by atoms with Crippen LogP contribution in [0.1, 0.15) is 19.4 Å². The first-order valence-corrected chi connectivity index (χ1v) is 10.9. The fraction of sp³-hybridized carbons (Fsp3) is 0.435. The molecule has 2 aromatic heterocycles. The van der Waals surface area contributed by atoms with Gasteiger partial charge in [-0.05, 0) is 11.5 Å². The van der Waals surface area contributed by atoms with Crippen LogP contribution in [-0.4, -0.2) is 68.7 Å². The van der Waals surface area contributed by atoms with Gasteiger partial charge in [-0.1, -0.05) is 44.2 Å². The number of nitrogens with one attached hydrogen (secondary N) is 1. The topological polar surface area (TPSA) is 96.2 Å². The lowest BCUT2D eigenvalue weighted by Gasteiger charge is -2.37. The number of piperazine rings is 1. The number of fused-ring (bicyclic) bond motifs is 1. The summed E-state index contributed by atoms with van der Waals surface area (Å²) in [6.45, 7) is 6.39. The highest BCUT2D eigenvalue weighted by Crippen LogP contribution is 2.23. The Morgan fingerprint density at radius 2 is 1.78 bits per heavy atom. The summed E-state index contributed by atoms with van der Waals surface area (Å²) >= 11 is 0. The number of amides is 2. The Bertz CT molecular complexity index is 1090. The molecule has 1 saturated heterocycles. The van der Waals surface area contributed by atoms with E-state index in [4.69, 9.17) is 0 Å². The summed E-state index contributed by atoms with van der Waals surface area (Å²) in [6.07, 6.45) is 3.59. The van der Waals surface area contributed by atoms with Gasteiger partial charge in [0.05, 0.1) is 18.0 Å². The lowest BCUT2D eigenvalue weighted by Crippen LogP contribution is -2.56. The normalized spacial score (nSPS) is 15.2. The van der Waals surface area contributed by atoms with Gasteiger partial charge in [0.25, 0.3) is 0 Å². The number of rotatable bonds is 6. The Balaban J connectivity index is 1.39. The number of hydrogen-bond donors (Lipinski definition) is 1. The first kappa shape index (κ1) is 21.7. The molecule has 2 amide bonds. The summed E-state index contributed by atoms with van der Waals surface area (Å²) in [5.41, 5.74) is 1.72. The van der Waals surface area contributed by atoms with Gasteiger partial charge in [0.2, 0.25) is 11.8 Å². The third kappa shape index (κ3) is 4.56. The van der Waals surface area contributed by atoms with Crippen molar-refractivity contribution in [2.24, 2.45) is 13.0 Å². The summed E-state index contributed by atoms with van der Waals surface area (Å²) < 4.78 is 1.73. The number of aromatic nitrogens is 4. The molecule has 0 bridgehead atoms. The lowest BCUT2D eigenvalue weighted by molar-refractivity contribution is -0.137. The lowest BCUT2D eigenvalue weighted by atomic mass is 10.0. The van der Waals surface area contributed by atoms with Crippen LogP contribution in [0.25, 0.3) is 11.0 Å². The van der Waals surface area contributed by atoms with E-state index in [1.54, 1.807) is 17.2 Å². The first-order valence-electron chi connectivity index (χ1n) is 10.9. The van der Waals surface area contributed by atoms with Gasteiger partial charge in [-0.3, -0.25) is 14.3 Å². The van der Waals surface area contributed by atoms with Gasteiger partial charge in [0.1, 0.15) is 18.2 Å². The molecule has 1 atom stereocenters. The van der Waals surface area contributed by atoms with Gasteiger partial charge in [-0.25, -0.2) is 9.97 Å². The minimum atomic E-state index is -0.540. The van der Waals surface area contributed by atoms with Crippen molar-refractivity contribution >= 4 is 28.7 Å². The van der Waals surface area contributed by atoms with Crippen LogP contribution in [0.5, 0.6) is 0 Å². The Kier molecular flexibility index (Phi) is 6.34. The molecule has 1 aliphatic rings. The highest BCUT2D eigenvalue weighted by molar-refractivity contribution is 5.89. The summed E-state index contributed by atoms with van der Waals surface area (Å²) in [7, 11) is 1.86. The molecule has 168 valence electrons. The van der Waals surface area contributed by atoms with Gasteiger partial charge < -0.3 is 15.1 Å². The molecule has 4 rings (SSSR count). The number of carbonyl (C=O) groups is 2. The van der Waals surface area contributed by atoms with Crippen LogP contribution in [0.15, 0.2) is 42.9 Å². The Morgan fingerprint density at radius 1 is 1.06 bits per heavy atom. The third-order valence-corrected chi connectivity index (χ3v) is 5.86. The van der Waals surface area contributed by atoms with Crippen molar-refractivity contribution in [3.63, 3.8) is 0 Å². The fourth-order valence-corrected chi connectivity index (χ4v) is 4.06. The van der Waals surface area contributed by atoms with E-state index in [9.17, 15) is 9.59 Å². The largest absolute Gasteiger partial charge is 0.352 e. The summed E-state index contributed by atoms with van der Waals surface area (Å²) in [5, 5.41) is 8.14. The van der Waals surface area contributed by atoms with Crippen molar-refractivity contribution < 1.29 is 9.59 Å². The van der Waals surface area contributed by atoms with E-state index in [-0.39, 0.29) is 24.2 Å². The van der Waals surface area contributed by atoms with Crippen LogP contribution < -0.4 is 10.2 Å². The van der Waals surface area contributed by atoms with Crippen LogP contribution in [-0.2, 0) is 23.1 Å². The molecule has 3 heterocycles. The third-order valence-electron chi connectivity index (χ3n) is 5.86. The molecule has 0 radical (unpaired) electrons. The highest BCUT2D eigenvalue weighted by Gasteiger charge is 2.31. The molecule has 1 unspecified atom stereocenters. The van der Waals surface area contributed by atoms with Crippen molar-refractivity contribution in [3.05, 3.63) is 48.4 Å². The average molecular weight is 436 g/mol. The smallest absolute Gasteiger partial charge is 0.245 e. The molecule has 1 aromatic carbocycles. The number of benzene rings is 1. The van der Waals surface area contributed by atoms with Crippen molar-refractivity contribution in [1.29, 1.82) is 0 Å². The summed E-state index contributed by atoms with van der Waals surface area (Å²) in [4.78, 5) is 38.6. The molecule has 9 nitrogen and oxygen atoms in total. The van der Waals surface area contributed by atoms with Gasteiger partial charge in [-0.15, -0.1) is 0 Å². The summed E-state index contributed by atoms with van der Waals surface area (Å²) in [6, 6.07) is 9.02. The predicted molar refractivity (Wildman–Crippen MR) is 122 cm³/mol. The van der Waals surface area contributed by atoms with E-state index < -0.39 is 6.04 Å². The Morgan fingerprint density at radius 3 is 2.47 bits per heavy atom. The quantitative estimate of drug-likeness (QED) is 0.629. The minimum Gasteiger partial charge on any atom is -0.352 e. The molecule has 3 aromatic rings. The molecular weight excluding hydrogens is 406 g/mol. The number of carbonyl (C=O) groups excluding carboxylic acids is 2. The highest BCUT2D eigenvalue weighted by atomic mass is 16.2. The first-order chi connectivity index (χ1) is 15.4. The fourth-order valence-electron chi connectivity index (χ4n) is 4.06. The zero-order valence-corrected chi connectivity index (χ0v) is 18.7. The van der Waals surface area contributed by atoms with Crippen LogP contribution in [0.2, 0.25) is 0 Å². The van der Waals surface area contributed by atoms with Crippen molar-refractivity contribution in [1.82, 2.24) is 30.0 Å². The number of aryl methyl sites for hydroxylation is 1. The number of nitrogens with zero attached hydrogens (tertiary/aromatic N) is 6. The van der Waals surface area contributed by atoms with Crippen LogP contribution in [0.3, 0.4) is 0 Å². The maximum atomic E-state index is 13.2. The van der Waals surface area contributed by atoms with Gasteiger partial charge in [0.15, 0.2) is 5.65 Å². The molecule has 0 spiro atoms. The second kappa shape index (κ2) is 9.33. The second-order valence-corrected chi connectivity index (χ2v) is 8.47. The van der Waals surface area contributed by atoms with Crippen molar-refractivity contribution in [2.75, 3.05) is 31.1 Å². The van der Waals surface area contributed by atoms with Gasteiger partial charge in [0, 0.05) is 33.2 Å². The van der Waals surface area contributed by atoms with Gasteiger partial charge in [-0.2, -0.15) is 5.10 Å². The van der Waals surface area contributed by atoms with Crippen LogP contribution >= 0.6 is 0 Å². The monoisotopic (exact) mass is 435 g/mol. The van der Waals surface area contributed by atoms with Crippen molar-refractivity contribution in [2.45, 2.75) is 26.3 Å². The number of anilines is 1. The Hall–Kier alpha value is -3.49. The molecule has 1 aliphatic heterocycles. The molecule has 1 N–H and O–H groups in total. The molecule has 9 heteroatoms. The standard InChI is InChI=1S/C23H29N7O2/c1-16(2)20(27-19(31)13-17-7-5-4-6-8-17)23(32)30-11-9-29(10-12-30)22-18-14-26-28(3)21(18)24-15-25-22/h4-8,14-16,20H,9-13H2,1-3H3,(H,27,31). The average Bonchev–Trinajstić information content (AvgIpc) is 3.18. The number of hydrogen-bond acceptors (Lipinski definition) is 6. The summed E-state index contributed by atoms with van der Waals surface area (Å²) in [5.74, 6) is 0.668. The van der Waals surface area contributed by atoms with E-state index in [1.165, 1.54) is 0 Å². The molecule has 1 fully saturated rings. The maximum absolute atomic E-state index is 13.2. The van der Waals surface area contributed by atoms with E-state index >= 15 is 0 Å². The zero-order chi connectivity index (χ0) is 22.7. The minimum absolute atomic E-state index is 0.00265. The van der Waals surface area contributed by atoms with E-state index in [2.05, 4.69) is 25.3 Å². The predicted octanol–water partition coefficient (Wildman–Crippen LogP) is 1.40. The van der Waals surface area contributed by atoms with Gasteiger partial charge >= 0.3 is 0 Å². The molecule has 0 saturated carbocycles. The molecule has 0 aliphatic carbocycles. The van der Waals surface area contributed by atoms with E-state index in [1.807, 2.05) is 56.1 Å². The van der Waals surface area contributed by atoms with Crippen LogP contribution in [0.4, 0.5) is 5.82 Å². The Labute approximate surface area is 187 Å².